The van der Waals surface area contributed by atoms with Crippen LogP contribution in [0.2, 0.25) is 5.15 Å². The van der Waals surface area contributed by atoms with E-state index in [1.54, 1.807) is 0 Å². The second-order valence-electron chi connectivity index (χ2n) is 1.94. The molecule has 6 heteroatoms. The molecule has 0 fully saturated rings. The van der Waals surface area contributed by atoms with Gasteiger partial charge in [-0.2, -0.15) is 4.39 Å². The molecular formula is C6H2ClF4N. The van der Waals surface area contributed by atoms with Gasteiger partial charge in [0, 0.05) is 0 Å². The normalized spacial score (nSPS) is 10.8. The number of aromatic nitrogens is 1. The zero-order valence-electron chi connectivity index (χ0n) is 5.49. The van der Waals surface area contributed by atoms with Crippen LogP contribution < -0.4 is 0 Å². The Bertz CT molecular complexity index is 302. The maximum atomic E-state index is 12.4. The van der Waals surface area contributed by atoms with Gasteiger partial charge >= 0.3 is 0 Å². The van der Waals surface area contributed by atoms with Crippen LogP contribution in [-0.4, -0.2) is 4.98 Å². The molecule has 1 aromatic heterocycles. The van der Waals surface area contributed by atoms with Crippen molar-refractivity contribution >= 4 is 11.6 Å². The lowest BCUT2D eigenvalue weighted by Gasteiger charge is -2.01. The summed E-state index contributed by atoms with van der Waals surface area (Å²) in [7, 11) is 0. The highest BCUT2D eigenvalue weighted by molar-refractivity contribution is 6.29. The van der Waals surface area contributed by atoms with E-state index >= 15 is 0 Å². The second-order valence-corrected chi connectivity index (χ2v) is 2.30. The second kappa shape index (κ2) is 3.26. The molecule has 0 bridgehead atoms. The molecule has 0 amide bonds. The number of alkyl halides is 2. The van der Waals surface area contributed by atoms with E-state index in [9.17, 15) is 17.6 Å². The van der Waals surface area contributed by atoms with Crippen LogP contribution in [0.25, 0.3) is 0 Å². The average Bonchev–Trinajstić information content (AvgIpc) is 1.96. The van der Waals surface area contributed by atoms with Crippen molar-refractivity contribution in [1.82, 2.24) is 4.98 Å². The van der Waals surface area contributed by atoms with Gasteiger partial charge in [0.1, 0.15) is 0 Å². The highest BCUT2D eigenvalue weighted by atomic mass is 35.5. The minimum absolute atomic E-state index is 0.329. The Morgan fingerprint density at radius 2 is 1.92 bits per heavy atom. The Balaban J connectivity index is 3.23. The Hall–Kier alpha value is -0.840. The number of halogens is 5. The molecule has 0 saturated heterocycles. The minimum atomic E-state index is -3.09. The summed E-state index contributed by atoms with van der Waals surface area (Å²) in [5.74, 6) is -2.61. The van der Waals surface area contributed by atoms with Gasteiger partial charge in [0.15, 0.2) is 11.0 Å². The van der Waals surface area contributed by atoms with E-state index in [1.807, 2.05) is 0 Å². The molecule has 0 atom stereocenters. The summed E-state index contributed by atoms with van der Waals surface area (Å²) in [6.45, 7) is 0. The van der Waals surface area contributed by atoms with E-state index in [4.69, 9.17) is 11.6 Å². The third kappa shape index (κ3) is 1.66. The zero-order valence-corrected chi connectivity index (χ0v) is 6.25. The Kier molecular flexibility index (Phi) is 2.52. The molecule has 0 aliphatic carbocycles. The number of pyridine rings is 1. The summed E-state index contributed by atoms with van der Waals surface area (Å²) in [4.78, 5) is 2.74. The number of rotatable bonds is 1. The molecule has 12 heavy (non-hydrogen) atoms. The number of nitrogens with zero attached hydrogens (tertiary/aromatic N) is 1. The first-order valence-electron chi connectivity index (χ1n) is 2.82. The summed E-state index contributed by atoms with van der Waals surface area (Å²) in [6, 6.07) is 0.329. The van der Waals surface area contributed by atoms with Crippen molar-refractivity contribution in [3.05, 3.63) is 28.5 Å². The summed E-state index contributed by atoms with van der Waals surface area (Å²) >= 11 is 5.02. The lowest BCUT2D eigenvalue weighted by molar-refractivity contribution is 0.144. The van der Waals surface area contributed by atoms with Crippen LogP contribution in [0.4, 0.5) is 17.6 Å². The fourth-order valence-corrected chi connectivity index (χ4v) is 0.742. The van der Waals surface area contributed by atoms with Crippen molar-refractivity contribution in [2.75, 3.05) is 0 Å². The highest BCUT2D eigenvalue weighted by Crippen LogP contribution is 2.24. The fourth-order valence-electron chi connectivity index (χ4n) is 0.613. The average molecular weight is 200 g/mol. The lowest BCUT2D eigenvalue weighted by atomic mass is 10.3. The topological polar surface area (TPSA) is 12.9 Å². The van der Waals surface area contributed by atoms with Crippen molar-refractivity contribution in [2.45, 2.75) is 6.43 Å². The van der Waals surface area contributed by atoms with Crippen molar-refractivity contribution in [3.63, 3.8) is 0 Å². The molecule has 66 valence electrons. The number of hydrogen-bond acceptors (Lipinski definition) is 1. The summed E-state index contributed by atoms with van der Waals surface area (Å²) in [5.41, 5.74) is -1.09. The van der Waals surface area contributed by atoms with Gasteiger partial charge in [0.25, 0.3) is 6.43 Å². The van der Waals surface area contributed by atoms with Crippen LogP contribution >= 0.6 is 11.6 Å². The first-order chi connectivity index (χ1) is 5.52. The third-order valence-electron chi connectivity index (χ3n) is 1.15. The van der Waals surface area contributed by atoms with Crippen LogP contribution in [0.1, 0.15) is 12.0 Å². The smallest absolute Gasteiger partial charge is 0.205 e. The third-order valence-corrected chi connectivity index (χ3v) is 1.41. The highest BCUT2D eigenvalue weighted by Gasteiger charge is 2.17. The van der Waals surface area contributed by atoms with Gasteiger partial charge in [-0.05, 0) is 6.07 Å². The maximum absolute atomic E-state index is 12.4. The van der Waals surface area contributed by atoms with Gasteiger partial charge in [0.05, 0.1) is 5.56 Å². The predicted molar refractivity (Wildman–Crippen MR) is 34.1 cm³/mol. The van der Waals surface area contributed by atoms with Crippen molar-refractivity contribution < 1.29 is 17.6 Å². The molecule has 1 nitrogen and oxygen atoms in total. The van der Waals surface area contributed by atoms with Gasteiger partial charge in [0.2, 0.25) is 5.95 Å². The summed E-state index contributed by atoms with van der Waals surface area (Å²) in [6.07, 6.45) is -3.09. The van der Waals surface area contributed by atoms with E-state index in [1.165, 1.54) is 0 Å². The van der Waals surface area contributed by atoms with E-state index in [2.05, 4.69) is 4.98 Å². The lowest BCUT2D eigenvalue weighted by Crippen LogP contribution is -1.97. The van der Waals surface area contributed by atoms with Crippen molar-refractivity contribution in [1.29, 1.82) is 0 Å². The minimum Gasteiger partial charge on any atom is -0.205 e. The molecular weight excluding hydrogens is 198 g/mol. The first-order valence-corrected chi connectivity index (χ1v) is 3.19. The maximum Gasteiger partial charge on any atom is 0.268 e. The van der Waals surface area contributed by atoms with E-state index in [0.29, 0.717) is 6.07 Å². The fraction of sp³-hybridized carbons (Fsp3) is 0.167. The van der Waals surface area contributed by atoms with E-state index in [-0.39, 0.29) is 0 Å². The SMILES string of the molecule is Fc1cc(C(F)F)c(F)nc1Cl. The van der Waals surface area contributed by atoms with Gasteiger partial charge in [-0.1, -0.05) is 11.6 Å². The van der Waals surface area contributed by atoms with Crippen LogP contribution in [0, 0.1) is 11.8 Å². The van der Waals surface area contributed by atoms with Crippen LogP contribution in [0.15, 0.2) is 6.07 Å². The van der Waals surface area contributed by atoms with Crippen molar-refractivity contribution in [2.24, 2.45) is 0 Å². The van der Waals surface area contributed by atoms with E-state index in [0.717, 1.165) is 0 Å². The van der Waals surface area contributed by atoms with Crippen LogP contribution in [0.5, 0.6) is 0 Å². The molecule has 0 saturated carbocycles. The molecule has 0 aliphatic rings. The largest absolute Gasteiger partial charge is 0.268 e. The number of hydrogen-bond donors (Lipinski definition) is 0. The zero-order chi connectivity index (χ0) is 9.30. The summed E-state index contributed by atoms with van der Waals surface area (Å²) in [5, 5.41) is -0.753. The Morgan fingerprint density at radius 3 is 2.42 bits per heavy atom. The molecule has 0 unspecified atom stereocenters. The monoisotopic (exact) mass is 199 g/mol. The molecule has 0 aromatic carbocycles. The summed E-state index contributed by atoms with van der Waals surface area (Å²) < 4.78 is 48.6. The molecule has 0 aliphatic heterocycles. The molecule has 1 heterocycles. The first kappa shape index (κ1) is 9.25. The van der Waals surface area contributed by atoms with Crippen LogP contribution in [0.3, 0.4) is 0 Å². The molecule has 1 rings (SSSR count). The quantitative estimate of drug-likeness (QED) is 0.501. The standard InChI is InChI=1S/C6H2ClF4N/c7-4-3(8)1-2(5(9)10)6(11)12-4/h1,5H. The van der Waals surface area contributed by atoms with Crippen LogP contribution in [-0.2, 0) is 0 Å². The molecule has 1 aromatic rings. The molecule has 0 N–H and O–H groups in total. The van der Waals surface area contributed by atoms with Gasteiger partial charge in [-0.15, -0.1) is 0 Å². The predicted octanol–water partition coefficient (Wildman–Crippen LogP) is 2.95. The van der Waals surface area contributed by atoms with Gasteiger partial charge in [-0.25, -0.2) is 18.2 Å². The van der Waals surface area contributed by atoms with E-state index < -0.39 is 28.9 Å². The van der Waals surface area contributed by atoms with Gasteiger partial charge < -0.3 is 0 Å². The molecule has 0 spiro atoms. The van der Waals surface area contributed by atoms with Gasteiger partial charge in [-0.3, -0.25) is 0 Å². The van der Waals surface area contributed by atoms with Crippen molar-refractivity contribution in [3.8, 4) is 0 Å². The Morgan fingerprint density at radius 1 is 1.33 bits per heavy atom. The Labute approximate surface area is 70.0 Å². The molecule has 0 radical (unpaired) electrons.